The van der Waals surface area contributed by atoms with Crippen molar-refractivity contribution in [2.45, 2.75) is 19.3 Å². The van der Waals surface area contributed by atoms with Crippen molar-refractivity contribution < 1.29 is 4.79 Å². The van der Waals surface area contributed by atoms with Crippen molar-refractivity contribution >= 4 is 16.9 Å². The predicted octanol–water partition coefficient (Wildman–Crippen LogP) is 5.18. The molecular formula is C28H28N4O. The minimum Gasteiger partial charge on any atom is -0.351 e. The fourth-order valence-electron chi connectivity index (χ4n) is 4.40. The second-order valence-corrected chi connectivity index (χ2v) is 8.51. The molecule has 1 N–H and O–H groups in total. The first-order chi connectivity index (χ1) is 16.3. The van der Waals surface area contributed by atoms with E-state index in [2.05, 4.69) is 10.2 Å². The lowest BCUT2D eigenvalue weighted by Gasteiger charge is -2.26. The number of benzene rings is 3. The van der Waals surface area contributed by atoms with Gasteiger partial charge in [-0.3, -0.25) is 4.79 Å². The molecule has 0 saturated carbocycles. The van der Waals surface area contributed by atoms with Crippen LogP contribution in [-0.4, -0.2) is 47.0 Å². The minimum absolute atomic E-state index is 0.0656. The Kier molecular flexibility index (Phi) is 6.40. The smallest absolute Gasteiger partial charge is 0.251 e. The molecule has 1 aliphatic heterocycles. The predicted molar refractivity (Wildman–Crippen MR) is 133 cm³/mol. The molecule has 5 rings (SSSR count). The third-order valence-electron chi connectivity index (χ3n) is 6.18. The lowest BCUT2D eigenvalue weighted by Crippen LogP contribution is -2.37. The Morgan fingerprint density at radius 3 is 2.00 bits per heavy atom. The second-order valence-electron chi connectivity index (χ2n) is 8.51. The van der Waals surface area contributed by atoms with Crippen LogP contribution in [0.1, 0.15) is 29.6 Å². The lowest BCUT2D eigenvalue weighted by molar-refractivity contribution is 0.0946. The average Bonchev–Trinajstić information content (AvgIpc) is 2.89. The summed E-state index contributed by atoms with van der Waals surface area (Å²) in [6.07, 6.45) is 3.83. The van der Waals surface area contributed by atoms with Crippen LogP contribution in [-0.2, 0) is 0 Å². The quantitative estimate of drug-likeness (QED) is 0.452. The second kappa shape index (κ2) is 9.92. The highest BCUT2D eigenvalue weighted by molar-refractivity contribution is 5.98. The molecule has 0 unspecified atom stereocenters. The molecule has 0 bridgehead atoms. The molecule has 166 valence electrons. The van der Waals surface area contributed by atoms with Gasteiger partial charge in [0.25, 0.3) is 5.91 Å². The van der Waals surface area contributed by atoms with Gasteiger partial charge in [-0.1, -0.05) is 67.1 Å². The molecule has 33 heavy (non-hydrogen) atoms. The van der Waals surface area contributed by atoms with E-state index in [1.807, 2.05) is 78.9 Å². The number of likely N-dealkylation sites (tertiary alicyclic amines) is 1. The van der Waals surface area contributed by atoms with Gasteiger partial charge in [0, 0.05) is 29.8 Å². The number of nitrogens with one attached hydrogen (secondary N) is 1. The van der Waals surface area contributed by atoms with Gasteiger partial charge in [-0.05, 0) is 44.1 Å². The summed E-state index contributed by atoms with van der Waals surface area (Å²) in [5.41, 5.74) is 5.79. The number of fused-ring (bicyclic) bond motifs is 1. The summed E-state index contributed by atoms with van der Waals surface area (Å²) in [6.45, 7) is 3.82. The van der Waals surface area contributed by atoms with Crippen LogP contribution in [0.15, 0.2) is 78.9 Å². The molecule has 2 heterocycles. The maximum Gasteiger partial charge on any atom is 0.251 e. The van der Waals surface area contributed by atoms with Crippen molar-refractivity contribution in [2.75, 3.05) is 26.2 Å². The van der Waals surface area contributed by atoms with E-state index in [1.165, 1.54) is 19.3 Å². The van der Waals surface area contributed by atoms with Crippen LogP contribution in [0.4, 0.5) is 0 Å². The van der Waals surface area contributed by atoms with Gasteiger partial charge < -0.3 is 10.2 Å². The maximum absolute atomic E-state index is 12.8. The van der Waals surface area contributed by atoms with Gasteiger partial charge >= 0.3 is 0 Å². The third-order valence-corrected chi connectivity index (χ3v) is 6.18. The van der Waals surface area contributed by atoms with Crippen LogP contribution in [0, 0.1) is 0 Å². The van der Waals surface area contributed by atoms with Crippen molar-refractivity contribution in [2.24, 2.45) is 0 Å². The van der Waals surface area contributed by atoms with Crippen LogP contribution in [0.3, 0.4) is 0 Å². The number of nitrogens with zero attached hydrogens (tertiary/aromatic N) is 3. The summed E-state index contributed by atoms with van der Waals surface area (Å²) in [5.74, 6) is -0.0656. The van der Waals surface area contributed by atoms with Gasteiger partial charge in [-0.2, -0.15) is 0 Å². The highest BCUT2D eigenvalue weighted by atomic mass is 16.1. The molecule has 3 aromatic carbocycles. The van der Waals surface area contributed by atoms with Gasteiger partial charge in [0.2, 0.25) is 0 Å². The highest BCUT2D eigenvalue weighted by Crippen LogP contribution is 2.31. The first kappa shape index (κ1) is 21.3. The highest BCUT2D eigenvalue weighted by Gasteiger charge is 2.15. The Bertz CT molecular complexity index is 1230. The monoisotopic (exact) mass is 436 g/mol. The number of carbonyl (C=O) groups is 1. The van der Waals surface area contributed by atoms with Crippen LogP contribution in [0.25, 0.3) is 33.5 Å². The zero-order chi connectivity index (χ0) is 22.5. The molecule has 1 fully saturated rings. The van der Waals surface area contributed by atoms with Gasteiger partial charge in [0.15, 0.2) is 0 Å². The number of hydrogen-bond donors (Lipinski definition) is 1. The number of amides is 1. The molecule has 1 aliphatic rings. The van der Waals surface area contributed by atoms with E-state index < -0.39 is 0 Å². The molecule has 5 heteroatoms. The Hall–Kier alpha value is -3.57. The minimum atomic E-state index is -0.0656. The van der Waals surface area contributed by atoms with Gasteiger partial charge in [0.05, 0.1) is 22.4 Å². The SMILES string of the molecule is O=C(NCCN1CCCCC1)c1ccc2nc(-c3ccccc3)c(-c3ccccc3)nc2c1. The molecular weight excluding hydrogens is 408 g/mol. The van der Waals surface area contributed by atoms with Crippen molar-refractivity contribution in [1.29, 1.82) is 0 Å². The standard InChI is InChI=1S/C28H28N4O/c33-28(29-16-19-32-17-8-3-9-18-32)23-14-15-24-25(20-23)31-27(22-12-6-2-7-13-22)26(30-24)21-10-4-1-5-11-21/h1-2,4-7,10-15,20H,3,8-9,16-19H2,(H,29,33). The normalized spacial score (nSPS) is 14.3. The fraction of sp³-hybridized carbons (Fsp3) is 0.250. The largest absolute Gasteiger partial charge is 0.351 e. The van der Waals surface area contributed by atoms with Crippen LogP contribution in [0.2, 0.25) is 0 Å². The molecule has 0 atom stereocenters. The lowest BCUT2D eigenvalue weighted by atomic mass is 10.0. The first-order valence-corrected chi connectivity index (χ1v) is 11.7. The van der Waals surface area contributed by atoms with Crippen LogP contribution < -0.4 is 5.32 Å². The maximum atomic E-state index is 12.8. The summed E-state index contributed by atoms with van der Waals surface area (Å²) in [4.78, 5) is 25.1. The number of rotatable bonds is 6. The number of carbonyl (C=O) groups excluding carboxylic acids is 1. The average molecular weight is 437 g/mol. The molecule has 0 aliphatic carbocycles. The molecule has 1 aromatic heterocycles. The number of piperidine rings is 1. The van der Waals surface area contributed by atoms with Gasteiger partial charge in [-0.25, -0.2) is 9.97 Å². The number of hydrogen-bond acceptors (Lipinski definition) is 4. The zero-order valence-electron chi connectivity index (χ0n) is 18.7. The first-order valence-electron chi connectivity index (χ1n) is 11.7. The van der Waals surface area contributed by atoms with E-state index in [4.69, 9.17) is 9.97 Å². The Balaban J connectivity index is 1.43. The Morgan fingerprint density at radius 2 is 1.36 bits per heavy atom. The number of aromatic nitrogens is 2. The summed E-state index contributed by atoms with van der Waals surface area (Å²) in [5, 5.41) is 3.07. The molecule has 4 aromatic rings. The molecule has 0 spiro atoms. The van der Waals surface area contributed by atoms with Crippen LogP contribution >= 0.6 is 0 Å². The van der Waals surface area contributed by atoms with Gasteiger partial charge in [0.1, 0.15) is 0 Å². The zero-order valence-corrected chi connectivity index (χ0v) is 18.7. The van der Waals surface area contributed by atoms with Crippen molar-refractivity contribution in [3.8, 4) is 22.5 Å². The van der Waals surface area contributed by atoms with E-state index in [1.54, 1.807) is 0 Å². The van der Waals surface area contributed by atoms with Crippen molar-refractivity contribution in [1.82, 2.24) is 20.2 Å². The summed E-state index contributed by atoms with van der Waals surface area (Å²) >= 11 is 0. The van der Waals surface area contributed by atoms with Crippen molar-refractivity contribution in [3.05, 3.63) is 84.4 Å². The van der Waals surface area contributed by atoms with E-state index in [9.17, 15) is 4.79 Å². The topological polar surface area (TPSA) is 58.1 Å². The summed E-state index contributed by atoms with van der Waals surface area (Å²) in [6, 6.07) is 25.8. The fourth-order valence-corrected chi connectivity index (χ4v) is 4.40. The van der Waals surface area contributed by atoms with E-state index in [0.29, 0.717) is 12.1 Å². The molecule has 0 radical (unpaired) electrons. The molecule has 1 saturated heterocycles. The van der Waals surface area contributed by atoms with Gasteiger partial charge in [-0.15, -0.1) is 0 Å². The summed E-state index contributed by atoms with van der Waals surface area (Å²) in [7, 11) is 0. The molecule has 1 amide bonds. The van der Waals surface area contributed by atoms with E-state index in [-0.39, 0.29) is 5.91 Å². The summed E-state index contributed by atoms with van der Waals surface area (Å²) < 4.78 is 0. The van der Waals surface area contributed by atoms with Crippen LogP contribution in [0.5, 0.6) is 0 Å². The van der Waals surface area contributed by atoms with Crippen molar-refractivity contribution in [3.63, 3.8) is 0 Å². The molecule has 5 nitrogen and oxygen atoms in total. The Labute approximate surface area is 194 Å². The third kappa shape index (κ3) is 4.94. The Morgan fingerprint density at radius 1 is 0.758 bits per heavy atom. The van der Waals surface area contributed by atoms with E-state index in [0.717, 1.165) is 53.2 Å². The van der Waals surface area contributed by atoms with E-state index >= 15 is 0 Å².